The fourth-order valence-electron chi connectivity index (χ4n) is 5.37. The Morgan fingerprint density at radius 1 is 0.868 bits per heavy atom. The van der Waals surface area contributed by atoms with E-state index in [9.17, 15) is 14.0 Å². The van der Waals surface area contributed by atoms with Crippen molar-refractivity contribution in [3.8, 4) is 11.1 Å². The van der Waals surface area contributed by atoms with Gasteiger partial charge in [0.2, 0.25) is 5.91 Å². The molecule has 0 aromatic heterocycles. The lowest BCUT2D eigenvalue weighted by molar-refractivity contribution is -0.134. The van der Waals surface area contributed by atoms with Gasteiger partial charge in [-0.1, -0.05) is 54.6 Å². The van der Waals surface area contributed by atoms with Crippen LogP contribution in [0, 0.1) is 5.82 Å². The first-order chi connectivity index (χ1) is 18.6. The van der Waals surface area contributed by atoms with Gasteiger partial charge in [0.25, 0.3) is 5.91 Å². The van der Waals surface area contributed by atoms with Crippen molar-refractivity contribution >= 4 is 11.8 Å². The quantitative estimate of drug-likeness (QED) is 0.351. The highest BCUT2D eigenvalue weighted by Crippen LogP contribution is 2.40. The van der Waals surface area contributed by atoms with Gasteiger partial charge in [-0.3, -0.25) is 9.59 Å². The van der Waals surface area contributed by atoms with Crippen LogP contribution in [-0.4, -0.2) is 48.4 Å². The smallest absolute Gasteiger partial charge is 0.251 e. The molecule has 0 radical (unpaired) electrons. The SMILES string of the molecule is O=C(N[C@@H](CCCN[C@@H]1C[C@H]1c1ccc(F)cc1)C(=O)N1CCCCC1)c1ccc(-c2ccccc2)cc1. The molecule has 2 fully saturated rings. The molecule has 3 aromatic rings. The molecule has 5 nitrogen and oxygen atoms in total. The fourth-order valence-corrected chi connectivity index (χ4v) is 5.37. The van der Waals surface area contributed by atoms with Crippen molar-refractivity contribution in [1.82, 2.24) is 15.5 Å². The number of benzene rings is 3. The largest absolute Gasteiger partial charge is 0.341 e. The zero-order valence-electron chi connectivity index (χ0n) is 21.7. The Morgan fingerprint density at radius 3 is 2.26 bits per heavy atom. The third-order valence-corrected chi connectivity index (χ3v) is 7.69. The van der Waals surface area contributed by atoms with E-state index in [0.717, 1.165) is 68.4 Å². The van der Waals surface area contributed by atoms with Crippen molar-refractivity contribution in [3.05, 3.63) is 95.8 Å². The third kappa shape index (κ3) is 6.67. The summed E-state index contributed by atoms with van der Waals surface area (Å²) >= 11 is 0. The molecule has 3 aromatic carbocycles. The molecule has 0 spiro atoms. The fraction of sp³-hybridized carbons (Fsp3) is 0.375. The summed E-state index contributed by atoms with van der Waals surface area (Å²) in [5, 5.41) is 6.61. The topological polar surface area (TPSA) is 61.4 Å². The highest BCUT2D eigenvalue weighted by atomic mass is 19.1. The molecule has 1 saturated carbocycles. The van der Waals surface area contributed by atoms with Gasteiger partial charge in [0, 0.05) is 30.6 Å². The maximum absolute atomic E-state index is 13.4. The number of amides is 2. The number of likely N-dealkylation sites (tertiary alicyclic amines) is 1. The number of piperidine rings is 1. The Balaban J connectivity index is 1.16. The summed E-state index contributed by atoms with van der Waals surface area (Å²) in [4.78, 5) is 28.4. The summed E-state index contributed by atoms with van der Waals surface area (Å²) in [6, 6.07) is 24.2. The van der Waals surface area contributed by atoms with Gasteiger partial charge in [-0.15, -0.1) is 0 Å². The van der Waals surface area contributed by atoms with E-state index in [4.69, 9.17) is 0 Å². The summed E-state index contributed by atoms with van der Waals surface area (Å²) in [6.07, 6.45) is 5.59. The van der Waals surface area contributed by atoms with Gasteiger partial charge in [0.15, 0.2) is 0 Å². The molecule has 5 rings (SSSR count). The first-order valence-electron chi connectivity index (χ1n) is 13.8. The monoisotopic (exact) mass is 513 g/mol. The van der Waals surface area contributed by atoms with Crippen LogP contribution in [0.25, 0.3) is 11.1 Å². The number of carbonyl (C=O) groups is 2. The molecule has 1 heterocycles. The lowest BCUT2D eigenvalue weighted by atomic mass is 10.0. The van der Waals surface area contributed by atoms with E-state index in [1.165, 1.54) is 12.1 Å². The van der Waals surface area contributed by atoms with Crippen LogP contribution in [0.3, 0.4) is 0 Å². The predicted octanol–water partition coefficient (Wildman–Crippen LogP) is 5.53. The zero-order chi connectivity index (χ0) is 26.3. The second-order valence-corrected chi connectivity index (χ2v) is 10.5. The molecular formula is C32H36FN3O2. The van der Waals surface area contributed by atoms with E-state index in [1.807, 2.05) is 71.6 Å². The molecule has 0 unspecified atom stereocenters. The van der Waals surface area contributed by atoms with Crippen molar-refractivity contribution in [1.29, 1.82) is 0 Å². The van der Waals surface area contributed by atoms with E-state index in [1.54, 1.807) is 0 Å². The number of rotatable bonds is 10. The van der Waals surface area contributed by atoms with Crippen LogP contribution in [-0.2, 0) is 4.79 Å². The Bertz CT molecular complexity index is 1210. The number of hydrogen-bond donors (Lipinski definition) is 2. The van der Waals surface area contributed by atoms with Crippen LogP contribution in [0.15, 0.2) is 78.9 Å². The van der Waals surface area contributed by atoms with Crippen molar-refractivity contribution in [2.75, 3.05) is 19.6 Å². The van der Waals surface area contributed by atoms with Crippen molar-refractivity contribution in [2.45, 2.75) is 56.5 Å². The average Bonchev–Trinajstić information content (AvgIpc) is 3.75. The normalized spacial score (nSPS) is 19.6. The van der Waals surface area contributed by atoms with E-state index < -0.39 is 6.04 Å². The molecule has 3 atom stereocenters. The summed E-state index contributed by atoms with van der Waals surface area (Å²) in [5.41, 5.74) is 3.86. The lowest BCUT2D eigenvalue weighted by Crippen LogP contribution is -2.50. The molecule has 198 valence electrons. The summed E-state index contributed by atoms with van der Waals surface area (Å²) in [7, 11) is 0. The van der Waals surface area contributed by atoms with E-state index in [2.05, 4.69) is 10.6 Å². The number of hydrogen-bond acceptors (Lipinski definition) is 3. The molecule has 6 heteroatoms. The molecule has 2 amide bonds. The van der Waals surface area contributed by atoms with E-state index >= 15 is 0 Å². The molecule has 0 bridgehead atoms. The Hall–Kier alpha value is -3.51. The number of nitrogens with one attached hydrogen (secondary N) is 2. The van der Waals surface area contributed by atoms with Crippen molar-refractivity contribution in [3.63, 3.8) is 0 Å². The van der Waals surface area contributed by atoms with Gasteiger partial charge in [0.05, 0.1) is 0 Å². The summed E-state index contributed by atoms with van der Waals surface area (Å²) in [5.74, 6) is 0.0125. The van der Waals surface area contributed by atoms with Crippen molar-refractivity contribution < 1.29 is 14.0 Å². The highest BCUT2D eigenvalue weighted by Gasteiger charge is 2.37. The summed E-state index contributed by atoms with van der Waals surface area (Å²) in [6.45, 7) is 2.29. The van der Waals surface area contributed by atoms with Gasteiger partial charge >= 0.3 is 0 Å². The van der Waals surface area contributed by atoms with Gasteiger partial charge in [0.1, 0.15) is 11.9 Å². The molecule has 1 aliphatic carbocycles. The van der Waals surface area contributed by atoms with Crippen LogP contribution in [0.5, 0.6) is 0 Å². The first kappa shape index (κ1) is 26.1. The van der Waals surface area contributed by atoms with Crippen LogP contribution >= 0.6 is 0 Å². The van der Waals surface area contributed by atoms with Gasteiger partial charge in [-0.25, -0.2) is 4.39 Å². The maximum Gasteiger partial charge on any atom is 0.251 e. The minimum atomic E-state index is -0.539. The van der Waals surface area contributed by atoms with Gasteiger partial charge in [-0.05, 0) is 86.0 Å². The van der Waals surface area contributed by atoms with Crippen LogP contribution in [0.4, 0.5) is 4.39 Å². The van der Waals surface area contributed by atoms with Gasteiger partial charge < -0.3 is 15.5 Å². The van der Waals surface area contributed by atoms with E-state index in [-0.39, 0.29) is 17.6 Å². The predicted molar refractivity (Wildman–Crippen MR) is 148 cm³/mol. The molecule has 2 aliphatic rings. The number of nitrogens with zero attached hydrogens (tertiary/aromatic N) is 1. The number of carbonyl (C=O) groups excluding carboxylic acids is 2. The first-order valence-corrected chi connectivity index (χ1v) is 13.8. The lowest BCUT2D eigenvalue weighted by Gasteiger charge is -2.31. The highest BCUT2D eigenvalue weighted by molar-refractivity contribution is 5.98. The standard InChI is InChI=1S/C32H36FN3O2/c33-27-17-15-25(16-18-27)28-22-30(28)34-19-7-10-29(32(38)36-20-5-2-6-21-36)35-31(37)26-13-11-24(12-14-26)23-8-3-1-4-9-23/h1,3-4,8-9,11-18,28-30,34H,2,5-7,10,19-22H2,(H,35,37)/t28-,29-,30+/m0/s1. The molecule has 2 N–H and O–H groups in total. The van der Waals surface area contributed by atoms with Crippen LogP contribution < -0.4 is 10.6 Å². The maximum atomic E-state index is 13.4. The average molecular weight is 514 g/mol. The molecule has 1 aliphatic heterocycles. The van der Waals surface area contributed by atoms with E-state index in [0.29, 0.717) is 23.9 Å². The van der Waals surface area contributed by atoms with Crippen LogP contribution in [0.1, 0.15) is 60.4 Å². The van der Waals surface area contributed by atoms with Crippen LogP contribution in [0.2, 0.25) is 0 Å². The molecular weight excluding hydrogens is 477 g/mol. The Labute approximate surface area is 224 Å². The number of halogens is 1. The second kappa shape index (κ2) is 12.4. The second-order valence-electron chi connectivity index (χ2n) is 10.5. The van der Waals surface area contributed by atoms with Crippen molar-refractivity contribution in [2.24, 2.45) is 0 Å². The zero-order valence-corrected chi connectivity index (χ0v) is 21.7. The Kier molecular flexibility index (Phi) is 8.49. The molecule has 38 heavy (non-hydrogen) atoms. The Morgan fingerprint density at radius 2 is 1.55 bits per heavy atom. The minimum Gasteiger partial charge on any atom is -0.341 e. The van der Waals surface area contributed by atoms with Gasteiger partial charge in [-0.2, -0.15) is 0 Å². The summed E-state index contributed by atoms with van der Waals surface area (Å²) < 4.78 is 13.2. The minimum absolute atomic E-state index is 0.0227. The molecule has 1 saturated heterocycles. The third-order valence-electron chi connectivity index (χ3n) is 7.69.